The predicted molar refractivity (Wildman–Crippen MR) is 156 cm³/mol. The summed E-state index contributed by atoms with van der Waals surface area (Å²) in [5.74, 6) is -1.09. The number of ether oxygens (including phenoxy) is 1. The number of carbonyl (C=O) groups excluding carboxylic acids is 3. The minimum Gasteiger partial charge on any atom is -0.508 e. The summed E-state index contributed by atoms with van der Waals surface area (Å²) in [7, 11) is 0. The van der Waals surface area contributed by atoms with Crippen molar-refractivity contribution in [2.45, 2.75) is 84.0 Å². The van der Waals surface area contributed by atoms with Gasteiger partial charge in [0.25, 0.3) is 0 Å². The maximum absolute atomic E-state index is 14.2. The molecule has 0 unspecified atom stereocenters. The zero-order valence-electron chi connectivity index (χ0n) is 24.3. The molecular weight excluding hydrogens is 510 g/mol. The summed E-state index contributed by atoms with van der Waals surface area (Å²) in [6, 6.07) is 10.2. The molecule has 0 aliphatic heterocycles. The Balaban J connectivity index is 2.49. The molecule has 2 rings (SSSR count). The molecule has 2 aromatic carbocycles. The summed E-state index contributed by atoms with van der Waals surface area (Å²) in [5, 5.41) is 12.7. The van der Waals surface area contributed by atoms with E-state index in [1.807, 2.05) is 44.2 Å². The Bertz CT molecular complexity index is 1130. The number of nitrogens with zero attached hydrogens (tertiary/aromatic N) is 1. The summed E-state index contributed by atoms with van der Waals surface area (Å²) in [4.78, 5) is 41.1. The van der Waals surface area contributed by atoms with Gasteiger partial charge in [-0.2, -0.15) is 0 Å². The molecule has 0 aliphatic carbocycles. The van der Waals surface area contributed by atoms with Crippen LogP contribution in [0, 0.1) is 13.8 Å². The van der Waals surface area contributed by atoms with Crippen molar-refractivity contribution >= 4 is 17.9 Å². The molecule has 0 bridgehead atoms. The van der Waals surface area contributed by atoms with E-state index < -0.39 is 41.6 Å². The molecule has 10 heteroatoms. The average Bonchev–Trinajstić information content (AvgIpc) is 2.83. The van der Waals surface area contributed by atoms with Crippen molar-refractivity contribution in [2.75, 3.05) is 13.1 Å². The Morgan fingerprint density at radius 1 is 1.05 bits per heavy atom. The van der Waals surface area contributed by atoms with Gasteiger partial charge >= 0.3 is 6.09 Å². The molecule has 2 aromatic rings. The van der Waals surface area contributed by atoms with Crippen molar-refractivity contribution < 1.29 is 24.2 Å². The number of rotatable bonds is 13. The molecule has 0 fully saturated rings. The summed E-state index contributed by atoms with van der Waals surface area (Å²) in [6.07, 6.45) is 0.513. The Labute approximate surface area is 237 Å². The summed E-state index contributed by atoms with van der Waals surface area (Å²) < 4.78 is 5.45. The molecule has 3 atom stereocenters. The molecule has 10 nitrogen and oxygen atoms in total. The first kappa shape index (κ1) is 32.6. The Hall–Kier alpha value is -3.63. The first-order valence-corrected chi connectivity index (χ1v) is 13.6. The molecule has 0 aromatic heterocycles. The van der Waals surface area contributed by atoms with Crippen LogP contribution in [0.2, 0.25) is 0 Å². The fourth-order valence-corrected chi connectivity index (χ4v) is 4.71. The highest BCUT2D eigenvalue weighted by molar-refractivity contribution is 5.91. The summed E-state index contributed by atoms with van der Waals surface area (Å²) in [6.45, 7) is 9.16. The van der Waals surface area contributed by atoms with Crippen molar-refractivity contribution in [2.24, 2.45) is 17.2 Å². The number of carbonyl (C=O) groups is 3. The lowest BCUT2D eigenvalue weighted by Crippen LogP contribution is -2.59. The number of hydrogen-bond acceptors (Lipinski definition) is 7. The fourth-order valence-electron chi connectivity index (χ4n) is 4.71. The maximum atomic E-state index is 14.2. The Morgan fingerprint density at radius 2 is 1.65 bits per heavy atom. The lowest BCUT2D eigenvalue weighted by molar-refractivity contribution is -0.141. The van der Waals surface area contributed by atoms with Gasteiger partial charge in [-0.05, 0) is 94.8 Å². The van der Waals surface area contributed by atoms with Gasteiger partial charge in [-0.25, -0.2) is 4.79 Å². The number of phenolic OH excluding ortho intramolecular Hbond substituents is 1. The van der Waals surface area contributed by atoms with Gasteiger partial charge in [0.15, 0.2) is 0 Å². The van der Waals surface area contributed by atoms with E-state index >= 15 is 0 Å². The number of aromatic hydroxyl groups is 1. The second-order valence-corrected chi connectivity index (χ2v) is 11.3. The number of hydrogen-bond donors (Lipinski definition) is 5. The lowest BCUT2D eigenvalue weighted by atomic mass is 9.94. The van der Waals surface area contributed by atoms with E-state index in [0.29, 0.717) is 19.4 Å². The number of aryl methyl sites for hydroxylation is 2. The van der Waals surface area contributed by atoms with Crippen LogP contribution in [0.1, 0.15) is 55.9 Å². The highest BCUT2D eigenvalue weighted by atomic mass is 16.6. The zero-order chi connectivity index (χ0) is 30.0. The monoisotopic (exact) mass is 555 g/mol. The normalized spacial score (nSPS) is 13.7. The number of nitrogens with one attached hydrogen (secondary N) is 1. The third-order valence-corrected chi connectivity index (χ3v) is 6.52. The largest absolute Gasteiger partial charge is 0.508 e. The molecule has 0 spiro atoms. The van der Waals surface area contributed by atoms with E-state index in [0.717, 1.165) is 22.3 Å². The van der Waals surface area contributed by atoms with Crippen molar-refractivity contribution in [1.82, 2.24) is 10.2 Å². The lowest BCUT2D eigenvalue weighted by Gasteiger charge is -2.35. The summed E-state index contributed by atoms with van der Waals surface area (Å²) in [5.41, 5.74) is 20.5. The third-order valence-electron chi connectivity index (χ3n) is 6.52. The molecule has 0 saturated heterocycles. The number of benzene rings is 2. The van der Waals surface area contributed by atoms with Gasteiger partial charge in [-0.3, -0.25) is 9.59 Å². The van der Waals surface area contributed by atoms with Crippen LogP contribution in [-0.4, -0.2) is 64.7 Å². The van der Waals surface area contributed by atoms with Crippen LogP contribution in [0.3, 0.4) is 0 Å². The molecule has 220 valence electrons. The van der Waals surface area contributed by atoms with Crippen LogP contribution >= 0.6 is 0 Å². The van der Waals surface area contributed by atoms with Crippen LogP contribution in [0.4, 0.5) is 4.79 Å². The van der Waals surface area contributed by atoms with Gasteiger partial charge in [-0.15, -0.1) is 0 Å². The summed E-state index contributed by atoms with van der Waals surface area (Å²) >= 11 is 0. The fraction of sp³-hybridized carbons (Fsp3) is 0.500. The van der Waals surface area contributed by atoms with Gasteiger partial charge < -0.3 is 37.3 Å². The van der Waals surface area contributed by atoms with E-state index in [1.54, 1.807) is 32.9 Å². The van der Waals surface area contributed by atoms with Gasteiger partial charge in [0.2, 0.25) is 11.8 Å². The standard InChI is InChI=1S/C30H45N5O5/c1-19-14-23(36)15-20(2)24(19)17-25(34-29(39)40-30(3,4)5)28(38)35(26(27(33)37)12-9-13-31)18-22(32)16-21-10-7-6-8-11-21/h6-8,10-11,14-15,22,25-26,36H,9,12-13,16-18,31-32H2,1-5H3,(H2,33,37)(H,34,39)/t22-,25-,26-/m0/s1. The predicted octanol–water partition coefficient (Wildman–Crippen LogP) is 2.44. The molecular formula is C30H45N5O5. The first-order chi connectivity index (χ1) is 18.7. The van der Waals surface area contributed by atoms with Crippen LogP contribution in [0.15, 0.2) is 42.5 Å². The number of alkyl carbamates (subject to hydrolysis) is 1. The molecule has 0 aliphatic rings. The van der Waals surface area contributed by atoms with Gasteiger partial charge in [0.05, 0.1) is 0 Å². The van der Waals surface area contributed by atoms with Crippen molar-refractivity contribution in [1.29, 1.82) is 0 Å². The third kappa shape index (κ3) is 10.2. The van der Waals surface area contributed by atoms with Crippen LogP contribution in [0.5, 0.6) is 5.75 Å². The number of phenols is 1. The zero-order valence-corrected chi connectivity index (χ0v) is 24.3. The average molecular weight is 556 g/mol. The number of amides is 3. The molecule has 40 heavy (non-hydrogen) atoms. The van der Waals surface area contributed by atoms with Crippen LogP contribution in [0.25, 0.3) is 0 Å². The van der Waals surface area contributed by atoms with E-state index in [9.17, 15) is 19.5 Å². The minimum atomic E-state index is -1.10. The molecule has 0 radical (unpaired) electrons. The molecule has 0 saturated carbocycles. The maximum Gasteiger partial charge on any atom is 0.408 e. The second-order valence-electron chi connectivity index (χ2n) is 11.3. The van der Waals surface area contributed by atoms with E-state index in [-0.39, 0.29) is 25.1 Å². The number of primary amides is 1. The quantitative estimate of drug-likeness (QED) is 0.252. The Morgan fingerprint density at radius 3 is 2.17 bits per heavy atom. The molecule has 8 N–H and O–H groups in total. The van der Waals surface area contributed by atoms with Gasteiger partial charge in [-0.1, -0.05) is 30.3 Å². The van der Waals surface area contributed by atoms with Crippen LogP contribution < -0.4 is 22.5 Å². The van der Waals surface area contributed by atoms with E-state index in [2.05, 4.69) is 5.32 Å². The highest BCUT2D eigenvalue weighted by Crippen LogP contribution is 2.23. The van der Waals surface area contributed by atoms with Crippen molar-refractivity contribution in [3.8, 4) is 5.75 Å². The molecule has 3 amide bonds. The molecule has 0 heterocycles. The van der Waals surface area contributed by atoms with Crippen molar-refractivity contribution in [3.05, 3.63) is 64.7 Å². The number of nitrogens with two attached hydrogens (primary N) is 3. The van der Waals surface area contributed by atoms with Gasteiger partial charge in [0.1, 0.15) is 23.4 Å². The van der Waals surface area contributed by atoms with E-state index in [4.69, 9.17) is 21.9 Å². The smallest absolute Gasteiger partial charge is 0.408 e. The minimum absolute atomic E-state index is 0.0337. The SMILES string of the molecule is Cc1cc(O)cc(C)c1C[C@H](NC(=O)OC(C)(C)C)C(=O)N(C[C@@H](N)Cc1ccccc1)[C@@H](CCCN)C(N)=O. The first-order valence-electron chi connectivity index (χ1n) is 13.6. The van der Waals surface area contributed by atoms with Crippen molar-refractivity contribution in [3.63, 3.8) is 0 Å². The topological polar surface area (TPSA) is 174 Å². The highest BCUT2D eigenvalue weighted by Gasteiger charge is 2.35. The Kier molecular flexibility index (Phi) is 11.9. The van der Waals surface area contributed by atoms with E-state index in [1.165, 1.54) is 4.90 Å². The van der Waals surface area contributed by atoms with Crippen LogP contribution in [-0.2, 0) is 27.2 Å². The van der Waals surface area contributed by atoms with Gasteiger partial charge in [0, 0.05) is 19.0 Å². The second kappa shape index (κ2) is 14.7.